The average Bonchev–Trinajstić information content (AvgIpc) is 2.82. The van der Waals surface area contributed by atoms with Gasteiger partial charge in [0.15, 0.2) is 0 Å². The van der Waals surface area contributed by atoms with Gasteiger partial charge in [0.25, 0.3) is 0 Å². The maximum Gasteiger partial charge on any atom is 0.148 e. The molecule has 0 amide bonds. The van der Waals surface area contributed by atoms with E-state index in [4.69, 9.17) is 5.84 Å². The van der Waals surface area contributed by atoms with E-state index in [1.165, 1.54) is 12.4 Å². The van der Waals surface area contributed by atoms with E-state index in [0.717, 1.165) is 35.6 Å². The molecule has 3 N–H and O–H groups in total. The summed E-state index contributed by atoms with van der Waals surface area (Å²) in [4.78, 5) is 10.3. The number of aromatic nitrogens is 2. The first-order valence-electron chi connectivity index (χ1n) is 6.05. The van der Waals surface area contributed by atoms with Crippen LogP contribution in [0.25, 0.3) is 0 Å². The zero-order valence-electron chi connectivity index (χ0n) is 10.5. The first kappa shape index (κ1) is 11.9. The molecule has 19 heavy (non-hydrogen) atoms. The molecule has 1 aliphatic rings. The van der Waals surface area contributed by atoms with Gasteiger partial charge in [0, 0.05) is 17.8 Å². The number of anilines is 3. The second kappa shape index (κ2) is 4.47. The third kappa shape index (κ3) is 1.90. The van der Waals surface area contributed by atoms with Crippen LogP contribution in [0.2, 0.25) is 0 Å². The Labute approximate surface area is 110 Å². The van der Waals surface area contributed by atoms with E-state index in [1.807, 2.05) is 17.9 Å². The van der Waals surface area contributed by atoms with E-state index in [1.54, 1.807) is 6.07 Å². The first-order valence-corrected chi connectivity index (χ1v) is 6.05. The van der Waals surface area contributed by atoms with Gasteiger partial charge >= 0.3 is 0 Å². The van der Waals surface area contributed by atoms with E-state index < -0.39 is 0 Å². The summed E-state index contributed by atoms with van der Waals surface area (Å²) in [5.74, 6) is 6.51. The highest BCUT2D eigenvalue weighted by Crippen LogP contribution is 2.36. The van der Waals surface area contributed by atoms with Crippen molar-refractivity contribution in [2.24, 2.45) is 5.84 Å². The highest BCUT2D eigenvalue weighted by Gasteiger charge is 2.24. The fourth-order valence-electron chi connectivity index (χ4n) is 2.43. The Balaban J connectivity index is 2.09. The monoisotopic (exact) mass is 259 g/mol. The lowest BCUT2D eigenvalue weighted by Crippen LogP contribution is -2.19. The Morgan fingerprint density at radius 1 is 1.37 bits per heavy atom. The highest BCUT2D eigenvalue weighted by molar-refractivity contribution is 5.71. The quantitative estimate of drug-likeness (QED) is 0.637. The van der Waals surface area contributed by atoms with Crippen LogP contribution in [0.5, 0.6) is 0 Å². The van der Waals surface area contributed by atoms with Gasteiger partial charge in [-0.2, -0.15) is 0 Å². The van der Waals surface area contributed by atoms with Crippen molar-refractivity contribution in [1.82, 2.24) is 9.97 Å². The number of nitrogens with zero attached hydrogens (tertiary/aromatic N) is 3. The lowest BCUT2D eigenvalue weighted by molar-refractivity contribution is 0.628. The molecule has 5 nitrogen and oxygen atoms in total. The number of hydrogen-bond acceptors (Lipinski definition) is 5. The van der Waals surface area contributed by atoms with Crippen molar-refractivity contribution in [2.45, 2.75) is 13.3 Å². The molecule has 0 radical (unpaired) electrons. The van der Waals surface area contributed by atoms with Gasteiger partial charge in [-0.25, -0.2) is 20.2 Å². The second-order valence-electron chi connectivity index (χ2n) is 4.49. The lowest BCUT2D eigenvalue weighted by atomic mass is 10.1. The van der Waals surface area contributed by atoms with Crippen LogP contribution in [0.15, 0.2) is 24.5 Å². The van der Waals surface area contributed by atoms with Crippen molar-refractivity contribution in [1.29, 1.82) is 0 Å². The summed E-state index contributed by atoms with van der Waals surface area (Å²) in [5.41, 5.74) is 5.38. The fourth-order valence-corrected chi connectivity index (χ4v) is 2.43. The number of hydrogen-bond donors (Lipinski definition) is 2. The van der Waals surface area contributed by atoms with Crippen molar-refractivity contribution in [3.8, 4) is 0 Å². The number of benzene rings is 1. The minimum absolute atomic E-state index is 0.241. The third-order valence-electron chi connectivity index (χ3n) is 3.39. The van der Waals surface area contributed by atoms with Gasteiger partial charge in [-0.3, -0.25) is 0 Å². The Bertz CT molecular complexity index is 628. The zero-order valence-corrected chi connectivity index (χ0v) is 10.5. The molecule has 2 heterocycles. The topological polar surface area (TPSA) is 67.1 Å². The van der Waals surface area contributed by atoms with Crippen molar-refractivity contribution >= 4 is 17.3 Å². The van der Waals surface area contributed by atoms with Crippen LogP contribution < -0.4 is 16.2 Å². The van der Waals surface area contributed by atoms with Crippen LogP contribution in [0.1, 0.15) is 11.1 Å². The number of nitrogens with two attached hydrogens (primary N) is 1. The minimum Gasteiger partial charge on any atom is -0.325 e. The van der Waals surface area contributed by atoms with Crippen LogP contribution in [0.4, 0.5) is 21.7 Å². The molecule has 0 bridgehead atoms. The zero-order chi connectivity index (χ0) is 13.4. The van der Waals surface area contributed by atoms with E-state index in [9.17, 15) is 4.39 Å². The molecule has 0 saturated heterocycles. The van der Waals surface area contributed by atoms with Crippen molar-refractivity contribution in [2.75, 3.05) is 16.9 Å². The van der Waals surface area contributed by atoms with E-state index in [-0.39, 0.29) is 5.82 Å². The number of hydrazine groups is 1. The largest absolute Gasteiger partial charge is 0.325 e. The Morgan fingerprint density at radius 3 is 3.00 bits per heavy atom. The Morgan fingerprint density at radius 2 is 2.21 bits per heavy atom. The molecule has 0 spiro atoms. The van der Waals surface area contributed by atoms with Gasteiger partial charge < -0.3 is 10.3 Å². The van der Waals surface area contributed by atoms with Gasteiger partial charge in [0.05, 0.1) is 0 Å². The summed E-state index contributed by atoms with van der Waals surface area (Å²) in [5, 5.41) is 0. The summed E-state index contributed by atoms with van der Waals surface area (Å²) in [6, 6.07) is 4.85. The molecule has 0 unspecified atom stereocenters. The molecule has 1 aromatic heterocycles. The molecule has 0 fully saturated rings. The predicted octanol–water partition coefficient (Wildman–Crippen LogP) is 1.90. The molecule has 1 aliphatic heterocycles. The molecule has 98 valence electrons. The van der Waals surface area contributed by atoms with Crippen LogP contribution in [0.3, 0.4) is 0 Å². The van der Waals surface area contributed by atoms with Gasteiger partial charge in [-0.1, -0.05) is 6.07 Å². The second-order valence-corrected chi connectivity index (χ2v) is 4.49. The number of nitrogen functional groups attached to an aromatic ring is 1. The fraction of sp³-hybridized carbons (Fsp3) is 0.231. The van der Waals surface area contributed by atoms with E-state index in [2.05, 4.69) is 15.4 Å². The Kier molecular flexibility index (Phi) is 2.79. The maximum atomic E-state index is 13.4. The number of halogens is 1. The van der Waals surface area contributed by atoms with Gasteiger partial charge in [0.2, 0.25) is 0 Å². The van der Waals surface area contributed by atoms with Crippen molar-refractivity contribution in [3.63, 3.8) is 0 Å². The van der Waals surface area contributed by atoms with Gasteiger partial charge in [-0.05, 0) is 31.0 Å². The van der Waals surface area contributed by atoms with Crippen LogP contribution in [-0.2, 0) is 6.42 Å². The average molecular weight is 259 g/mol. The molecule has 2 aromatic rings. The first-order chi connectivity index (χ1) is 9.20. The number of nitrogens with one attached hydrogen (secondary N) is 1. The third-order valence-corrected chi connectivity index (χ3v) is 3.39. The SMILES string of the molecule is Cc1c(NN)ncnc1N1CCc2ccc(F)cc21. The van der Waals surface area contributed by atoms with Crippen molar-refractivity contribution < 1.29 is 4.39 Å². The molecular weight excluding hydrogens is 245 g/mol. The predicted molar refractivity (Wildman–Crippen MR) is 71.7 cm³/mol. The van der Waals surface area contributed by atoms with Crippen LogP contribution >= 0.6 is 0 Å². The number of rotatable bonds is 2. The van der Waals surface area contributed by atoms with Gasteiger partial charge in [-0.15, -0.1) is 0 Å². The molecule has 0 aliphatic carbocycles. The molecule has 1 aromatic carbocycles. The molecular formula is C13H14FN5. The molecule has 6 heteroatoms. The maximum absolute atomic E-state index is 13.4. The summed E-state index contributed by atoms with van der Waals surface area (Å²) >= 11 is 0. The minimum atomic E-state index is -0.241. The summed E-state index contributed by atoms with van der Waals surface area (Å²) < 4.78 is 13.4. The van der Waals surface area contributed by atoms with Crippen LogP contribution in [0, 0.1) is 12.7 Å². The summed E-state index contributed by atoms with van der Waals surface area (Å²) in [6.07, 6.45) is 2.33. The highest BCUT2D eigenvalue weighted by atomic mass is 19.1. The normalized spacial score (nSPS) is 13.5. The number of fused-ring (bicyclic) bond motifs is 1. The van der Waals surface area contributed by atoms with Crippen molar-refractivity contribution in [3.05, 3.63) is 41.5 Å². The van der Waals surface area contributed by atoms with Crippen LogP contribution in [-0.4, -0.2) is 16.5 Å². The lowest BCUT2D eigenvalue weighted by Gasteiger charge is -2.21. The van der Waals surface area contributed by atoms with Gasteiger partial charge in [0.1, 0.15) is 23.8 Å². The Hall–Kier alpha value is -2.21. The van der Waals surface area contributed by atoms with E-state index in [0.29, 0.717) is 5.82 Å². The smallest absolute Gasteiger partial charge is 0.148 e. The summed E-state index contributed by atoms with van der Waals surface area (Å²) in [7, 11) is 0. The standard InChI is InChI=1S/C13H14FN5/c1-8-12(18-15)16-7-17-13(8)19-5-4-9-2-3-10(14)6-11(9)19/h2-3,6-7H,4-5,15H2,1H3,(H,16,17,18). The molecule has 0 atom stereocenters. The summed E-state index contributed by atoms with van der Waals surface area (Å²) in [6.45, 7) is 2.67. The molecule has 0 saturated carbocycles. The molecule has 3 rings (SSSR count). The van der Waals surface area contributed by atoms with E-state index >= 15 is 0 Å².